The van der Waals surface area contributed by atoms with Crippen molar-refractivity contribution in [3.63, 3.8) is 0 Å². The summed E-state index contributed by atoms with van der Waals surface area (Å²) >= 11 is 6.85. The molecule has 1 aromatic carbocycles. The molecule has 2 heterocycles. The number of nitrogens with two attached hydrogens (primary N) is 1. The number of aromatic amines is 1. The van der Waals surface area contributed by atoms with Crippen molar-refractivity contribution in [1.82, 2.24) is 20.6 Å². The van der Waals surface area contributed by atoms with Gasteiger partial charge in [0, 0.05) is 11.3 Å². The molecule has 0 fully saturated rings. The van der Waals surface area contributed by atoms with Gasteiger partial charge in [-0.05, 0) is 23.4 Å². The third-order valence-electron chi connectivity index (χ3n) is 2.65. The smallest absolute Gasteiger partial charge is 0.249 e. The van der Waals surface area contributed by atoms with Crippen LogP contribution >= 0.6 is 22.9 Å². The van der Waals surface area contributed by atoms with Crippen molar-refractivity contribution in [2.45, 2.75) is 4.21 Å². The van der Waals surface area contributed by atoms with Gasteiger partial charge in [0.2, 0.25) is 15.8 Å². The van der Waals surface area contributed by atoms with Crippen molar-refractivity contribution in [2.75, 3.05) is 5.32 Å². The molecule has 0 radical (unpaired) electrons. The zero-order valence-electron chi connectivity index (χ0n) is 10.8. The van der Waals surface area contributed by atoms with E-state index in [0.29, 0.717) is 10.8 Å². The normalized spacial score (nSPS) is 11.5. The Hall–Kier alpha value is -2.01. The summed E-state index contributed by atoms with van der Waals surface area (Å²) in [4.78, 5) is 0. The highest BCUT2D eigenvalue weighted by Crippen LogP contribution is 2.35. The van der Waals surface area contributed by atoms with Crippen LogP contribution in [-0.2, 0) is 10.0 Å². The zero-order chi connectivity index (χ0) is 15.7. The van der Waals surface area contributed by atoms with E-state index in [1.807, 2.05) is 18.2 Å². The van der Waals surface area contributed by atoms with Crippen LogP contribution in [0.2, 0.25) is 5.02 Å². The molecule has 3 rings (SSSR count). The average Bonchev–Trinajstić information content (AvgIpc) is 3.08. The summed E-state index contributed by atoms with van der Waals surface area (Å²) in [5, 5.41) is 22.5. The Morgan fingerprint density at radius 1 is 1.32 bits per heavy atom. The molecule has 0 aliphatic heterocycles. The van der Waals surface area contributed by atoms with Gasteiger partial charge in [0.25, 0.3) is 0 Å². The van der Waals surface area contributed by atoms with Crippen molar-refractivity contribution >= 4 is 43.6 Å². The van der Waals surface area contributed by atoms with E-state index < -0.39 is 10.0 Å². The number of benzene rings is 1. The number of hydrogen-bond acceptors (Lipinski definition) is 7. The summed E-state index contributed by atoms with van der Waals surface area (Å²) in [5.41, 5.74) is 1.48. The fourth-order valence-electron chi connectivity index (χ4n) is 1.77. The van der Waals surface area contributed by atoms with Crippen LogP contribution in [0, 0.1) is 0 Å². The average molecular weight is 357 g/mol. The molecule has 11 heteroatoms. The Bertz CT molecular complexity index is 907. The number of H-pyrrole nitrogens is 1. The molecule has 0 aliphatic rings. The minimum Gasteiger partial charge on any atom is -0.347 e. The quantitative estimate of drug-likeness (QED) is 0.656. The monoisotopic (exact) mass is 356 g/mol. The molecule has 0 aliphatic carbocycles. The van der Waals surface area contributed by atoms with E-state index in [-0.39, 0.29) is 9.23 Å². The number of nitrogens with one attached hydrogen (secondary N) is 2. The van der Waals surface area contributed by atoms with Gasteiger partial charge in [-0.3, -0.25) is 0 Å². The van der Waals surface area contributed by atoms with Crippen molar-refractivity contribution in [3.8, 4) is 11.4 Å². The first kappa shape index (κ1) is 14.9. The van der Waals surface area contributed by atoms with Crippen molar-refractivity contribution in [3.05, 3.63) is 35.4 Å². The fraction of sp³-hybridized carbons (Fsp3) is 0. The molecule has 22 heavy (non-hydrogen) atoms. The minimum absolute atomic E-state index is 0.0778. The number of tetrazole rings is 1. The topological polar surface area (TPSA) is 127 Å². The van der Waals surface area contributed by atoms with Gasteiger partial charge >= 0.3 is 0 Å². The molecule has 3 aromatic rings. The van der Waals surface area contributed by atoms with Gasteiger partial charge < -0.3 is 5.32 Å². The maximum atomic E-state index is 11.4. The second-order valence-corrected chi connectivity index (χ2v) is 7.45. The number of thiophene rings is 1. The third-order valence-corrected chi connectivity index (χ3v) is 5.70. The van der Waals surface area contributed by atoms with E-state index in [4.69, 9.17) is 16.7 Å². The third kappa shape index (κ3) is 3.09. The zero-order valence-corrected chi connectivity index (χ0v) is 13.2. The predicted molar refractivity (Wildman–Crippen MR) is 83.6 cm³/mol. The second kappa shape index (κ2) is 5.65. The van der Waals surface area contributed by atoms with Crippen LogP contribution in [0.5, 0.6) is 0 Å². The van der Waals surface area contributed by atoms with E-state index in [9.17, 15) is 8.42 Å². The lowest BCUT2D eigenvalue weighted by molar-refractivity contribution is 0.600. The molecule has 0 saturated carbocycles. The summed E-state index contributed by atoms with van der Waals surface area (Å²) in [6, 6.07) is 8.76. The lowest BCUT2D eigenvalue weighted by Crippen LogP contribution is -2.10. The summed E-state index contributed by atoms with van der Waals surface area (Å²) in [5.74, 6) is 0.457. The Balaban J connectivity index is 1.90. The molecule has 4 N–H and O–H groups in total. The number of aromatic nitrogens is 4. The number of anilines is 2. The first-order valence-corrected chi connectivity index (χ1v) is 8.60. The standard InChI is InChI=1S/C11H9ClN6O2S2/c12-8-5-9(21-11(8)22(13,19)20)14-7-3-1-2-6(4-7)10-15-17-18-16-10/h1-5,14H,(H2,13,19,20)(H,15,16,17,18). The molecule has 0 saturated heterocycles. The highest BCUT2D eigenvalue weighted by Gasteiger charge is 2.17. The van der Waals surface area contributed by atoms with Crippen LogP contribution in [-0.4, -0.2) is 29.0 Å². The van der Waals surface area contributed by atoms with E-state index in [1.54, 1.807) is 6.07 Å². The van der Waals surface area contributed by atoms with Gasteiger partial charge in [0.15, 0.2) is 4.21 Å². The van der Waals surface area contributed by atoms with Gasteiger partial charge in [-0.2, -0.15) is 5.21 Å². The molecular weight excluding hydrogens is 348 g/mol. The van der Waals surface area contributed by atoms with Crippen LogP contribution < -0.4 is 10.5 Å². The predicted octanol–water partition coefficient (Wildman–Crippen LogP) is 1.97. The number of sulfonamides is 1. The molecule has 8 nitrogen and oxygen atoms in total. The largest absolute Gasteiger partial charge is 0.347 e. The molecule has 2 aromatic heterocycles. The summed E-state index contributed by atoms with van der Waals surface area (Å²) in [6.45, 7) is 0. The lowest BCUT2D eigenvalue weighted by Gasteiger charge is -2.04. The molecule has 0 amide bonds. The van der Waals surface area contributed by atoms with Crippen molar-refractivity contribution < 1.29 is 8.42 Å². The summed E-state index contributed by atoms with van der Waals surface area (Å²) < 4.78 is 22.7. The Morgan fingerprint density at radius 3 is 2.77 bits per heavy atom. The second-order valence-electron chi connectivity index (χ2n) is 4.23. The number of hydrogen-bond donors (Lipinski definition) is 3. The van der Waals surface area contributed by atoms with Crippen LogP contribution in [0.4, 0.5) is 10.7 Å². The minimum atomic E-state index is -3.83. The SMILES string of the molecule is NS(=O)(=O)c1sc(Nc2cccc(-c3nn[nH]n3)c2)cc1Cl. The van der Waals surface area contributed by atoms with E-state index in [2.05, 4.69) is 25.9 Å². The first-order chi connectivity index (χ1) is 10.4. The van der Waals surface area contributed by atoms with Crippen molar-refractivity contribution in [2.24, 2.45) is 5.14 Å². The molecule has 114 valence electrons. The molecule has 0 unspecified atom stereocenters. The Kier molecular flexibility index (Phi) is 3.83. The van der Waals surface area contributed by atoms with Crippen LogP contribution in [0.25, 0.3) is 11.4 Å². The molecule has 0 spiro atoms. The van der Waals surface area contributed by atoms with Crippen LogP contribution in [0.1, 0.15) is 0 Å². The van der Waals surface area contributed by atoms with Crippen molar-refractivity contribution in [1.29, 1.82) is 0 Å². The molecular formula is C11H9ClN6O2S2. The maximum Gasteiger partial charge on any atom is 0.249 e. The van der Waals surface area contributed by atoms with E-state index in [0.717, 1.165) is 22.6 Å². The highest BCUT2D eigenvalue weighted by molar-refractivity contribution is 7.91. The van der Waals surface area contributed by atoms with Gasteiger partial charge in [-0.25, -0.2) is 13.6 Å². The lowest BCUT2D eigenvalue weighted by atomic mass is 10.2. The summed E-state index contributed by atoms with van der Waals surface area (Å²) in [6.07, 6.45) is 0. The number of primary sulfonamides is 1. The van der Waals surface area contributed by atoms with Crippen LogP contribution in [0.3, 0.4) is 0 Å². The van der Waals surface area contributed by atoms with E-state index in [1.165, 1.54) is 6.07 Å². The Labute approximate surface area is 134 Å². The Morgan fingerprint density at radius 2 is 2.14 bits per heavy atom. The van der Waals surface area contributed by atoms with E-state index >= 15 is 0 Å². The number of halogens is 1. The maximum absolute atomic E-state index is 11.4. The first-order valence-electron chi connectivity index (χ1n) is 5.86. The van der Waals surface area contributed by atoms with Crippen LogP contribution in [0.15, 0.2) is 34.5 Å². The highest BCUT2D eigenvalue weighted by atomic mass is 35.5. The number of nitrogens with zero attached hydrogens (tertiary/aromatic N) is 3. The molecule has 0 atom stereocenters. The molecule has 0 bridgehead atoms. The van der Waals surface area contributed by atoms with Gasteiger partial charge in [-0.15, -0.1) is 21.5 Å². The number of rotatable bonds is 4. The van der Waals surface area contributed by atoms with Gasteiger partial charge in [0.1, 0.15) is 0 Å². The fourth-order valence-corrected chi connectivity index (χ4v) is 4.15. The van der Waals surface area contributed by atoms with Gasteiger partial charge in [-0.1, -0.05) is 23.7 Å². The summed E-state index contributed by atoms with van der Waals surface area (Å²) in [7, 11) is -3.83. The van der Waals surface area contributed by atoms with Gasteiger partial charge in [0.05, 0.1) is 10.0 Å².